The van der Waals surface area contributed by atoms with Crippen LogP contribution in [0.5, 0.6) is 0 Å². The Morgan fingerprint density at radius 2 is 1.96 bits per heavy atom. The summed E-state index contributed by atoms with van der Waals surface area (Å²) >= 11 is 0. The Kier molecular flexibility index (Phi) is 4.42. The topological polar surface area (TPSA) is 63.4 Å². The normalized spacial score (nSPS) is 17.9. The molecule has 1 aliphatic heterocycles. The first-order valence-electron chi connectivity index (χ1n) is 7.86. The van der Waals surface area contributed by atoms with Gasteiger partial charge in [0.15, 0.2) is 0 Å². The van der Waals surface area contributed by atoms with Crippen LogP contribution in [0.15, 0.2) is 48.5 Å². The van der Waals surface area contributed by atoms with Gasteiger partial charge in [-0.05, 0) is 34.8 Å². The Morgan fingerprint density at radius 3 is 2.78 bits per heavy atom. The summed E-state index contributed by atoms with van der Waals surface area (Å²) in [6.07, 6.45) is 4.69. The Morgan fingerprint density at radius 1 is 1.17 bits per heavy atom. The summed E-state index contributed by atoms with van der Waals surface area (Å²) in [6, 6.07) is 14.2. The highest BCUT2D eigenvalue weighted by atomic mass is 16.2. The molecule has 0 spiro atoms. The van der Waals surface area contributed by atoms with Crippen molar-refractivity contribution in [3.63, 3.8) is 0 Å². The van der Waals surface area contributed by atoms with Crippen LogP contribution in [0.25, 0.3) is 16.8 Å². The van der Waals surface area contributed by atoms with E-state index in [4.69, 9.17) is 5.73 Å². The molecule has 4 nitrogen and oxygen atoms in total. The third-order valence-electron chi connectivity index (χ3n) is 4.32. The van der Waals surface area contributed by atoms with Crippen molar-refractivity contribution < 1.29 is 9.59 Å². The maximum absolute atomic E-state index is 12.3. The lowest BCUT2D eigenvalue weighted by molar-refractivity contribution is -0.125. The molecule has 0 radical (unpaired) electrons. The maximum Gasteiger partial charge on any atom is 0.246 e. The molecule has 118 valence electrons. The first-order valence-corrected chi connectivity index (χ1v) is 7.86. The van der Waals surface area contributed by atoms with E-state index < -0.39 is 0 Å². The first kappa shape index (κ1) is 15.3. The SMILES string of the molecule is NC(=O)CC1CCN(C(=O)/C=C/c2cccc3ccccc23)C1. The molecule has 0 bridgehead atoms. The standard InChI is InChI=1S/C19H20N2O2/c20-18(22)12-14-10-11-21(13-14)19(23)9-8-16-6-3-5-15-4-1-2-7-17(15)16/h1-9,14H,10-13H2,(H2,20,22)/b9-8+. The van der Waals surface area contributed by atoms with Crippen molar-refractivity contribution in [2.75, 3.05) is 13.1 Å². The number of hydrogen-bond donors (Lipinski definition) is 1. The highest BCUT2D eigenvalue weighted by Crippen LogP contribution is 2.21. The predicted molar refractivity (Wildman–Crippen MR) is 91.5 cm³/mol. The van der Waals surface area contributed by atoms with E-state index in [1.165, 1.54) is 0 Å². The summed E-state index contributed by atoms with van der Waals surface area (Å²) in [4.78, 5) is 25.1. The number of hydrogen-bond acceptors (Lipinski definition) is 2. The minimum absolute atomic E-state index is 0.00935. The number of nitrogens with zero attached hydrogens (tertiary/aromatic N) is 1. The van der Waals surface area contributed by atoms with Gasteiger partial charge in [0.25, 0.3) is 0 Å². The molecule has 1 heterocycles. The van der Waals surface area contributed by atoms with Gasteiger partial charge in [0.05, 0.1) is 0 Å². The second-order valence-electron chi connectivity index (χ2n) is 6.01. The fourth-order valence-corrected chi connectivity index (χ4v) is 3.15. The summed E-state index contributed by atoms with van der Waals surface area (Å²) < 4.78 is 0. The van der Waals surface area contributed by atoms with Crippen molar-refractivity contribution in [3.05, 3.63) is 54.1 Å². The molecule has 2 aromatic carbocycles. The van der Waals surface area contributed by atoms with Crippen molar-refractivity contribution in [1.82, 2.24) is 4.90 Å². The largest absolute Gasteiger partial charge is 0.370 e. The number of carbonyl (C=O) groups is 2. The molecule has 1 atom stereocenters. The van der Waals surface area contributed by atoms with Crippen LogP contribution < -0.4 is 5.73 Å². The number of carbonyl (C=O) groups excluding carboxylic acids is 2. The van der Waals surface area contributed by atoms with Gasteiger partial charge in [0.1, 0.15) is 0 Å². The molecule has 2 amide bonds. The van der Waals surface area contributed by atoms with Crippen LogP contribution in [0.1, 0.15) is 18.4 Å². The van der Waals surface area contributed by atoms with E-state index in [2.05, 4.69) is 18.2 Å². The van der Waals surface area contributed by atoms with E-state index >= 15 is 0 Å². The molecule has 1 fully saturated rings. The molecule has 2 N–H and O–H groups in total. The Balaban J connectivity index is 1.70. The Labute approximate surface area is 135 Å². The number of fused-ring (bicyclic) bond motifs is 1. The van der Waals surface area contributed by atoms with Crippen LogP contribution in [0.2, 0.25) is 0 Å². The molecule has 0 aromatic heterocycles. The van der Waals surface area contributed by atoms with Crippen LogP contribution in [-0.2, 0) is 9.59 Å². The maximum atomic E-state index is 12.3. The van der Waals surface area contributed by atoms with Crippen molar-refractivity contribution in [1.29, 1.82) is 0 Å². The average molecular weight is 308 g/mol. The minimum atomic E-state index is -0.296. The molecule has 1 unspecified atom stereocenters. The lowest BCUT2D eigenvalue weighted by Crippen LogP contribution is -2.27. The number of nitrogens with two attached hydrogens (primary N) is 1. The zero-order chi connectivity index (χ0) is 16.2. The number of likely N-dealkylation sites (tertiary alicyclic amines) is 1. The third-order valence-corrected chi connectivity index (χ3v) is 4.32. The van der Waals surface area contributed by atoms with E-state index in [1.807, 2.05) is 30.3 Å². The van der Waals surface area contributed by atoms with Gasteiger partial charge < -0.3 is 10.6 Å². The highest BCUT2D eigenvalue weighted by molar-refractivity contribution is 5.96. The van der Waals surface area contributed by atoms with E-state index in [9.17, 15) is 9.59 Å². The summed E-state index contributed by atoms with van der Waals surface area (Å²) in [5.41, 5.74) is 6.26. The van der Waals surface area contributed by atoms with Crippen LogP contribution in [-0.4, -0.2) is 29.8 Å². The molecule has 23 heavy (non-hydrogen) atoms. The second kappa shape index (κ2) is 6.65. The molecule has 0 saturated carbocycles. The van der Waals surface area contributed by atoms with Gasteiger partial charge in [-0.3, -0.25) is 9.59 Å². The average Bonchev–Trinajstić information content (AvgIpc) is 3.00. The summed E-state index contributed by atoms with van der Waals surface area (Å²) in [5.74, 6) is -0.108. The van der Waals surface area contributed by atoms with Gasteiger partial charge in [-0.2, -0.15) is 0 Å². The van der Waals surface area contributed by atoms with Crippen LogP contribution in [0.4, 0.5) is 0 Å². The van der Waals surface area contributed by atoms with E-state index in [0.717, 1.165) is 22.8 Å². The zero-order valence-corrected chi connectivity index (χ0v) is 12.9. The van der Waals surface area contributed by atoms with Gasteiger partial charge in [-0.25, -0.2) is 0 Å². The van der Waals surface area contributed by atoms with E-state index in [1.54, 1.807) is 11.0 Å². The number of rotatable bonds is 4. The van der Waals surface area contributed by atoms with E-state index in [-0.39, 0.29) is 17.7 Å². The highest BCUT2D eigenvalue weighted by Gasteiger charge is 2.25. The molecule has 4 heteroatoms. The molecule has 3 rings (SSSR count). The summed E-state index contributed by atoms with van der Waals surface area (Å²) in [7, 11) is 0. The lowest BCUT2D eigenvalue weighted by Gasteiger charge is -2.13. The third kappa shape index (κ3) is 3.59. The van der Waals surface area contributed by atoms with Crippen LogP contribution in [0.3, 0.4) is 0 Å². The molecule has 2 aromatic rings. The number of benzene rings is 2. The number of primary amides is 1. The fraction of sp³-hybridized carbons (Fsp3) is 0.263. The lowest BCUT2D eigenvalue weighted by atomic mass is 10.0. The van der Waals surface area contributed by atoms with Gasteiger partial charge in [0.2, 0.25) is 11.8 Å². The summed E-state index contributed by atoms with van der Waals surface area (Å²) in [5, 5.41) is 2.29. The first-order chi connectivity index (χ1) is 11.1. The van der Waals surface area contributed by atoms with Crippen LogP contribution >= 0.6 is 0 Å². The predicted octanol–water partition coefficient (Wildman–Crippen LogP) is 2.58. The van der Waals surface area contributed by atoms with Crippen LogP contribution in [0, 0.1) is 5.92 Å². The second-order valence-corrected chi connectivity index (χ2v) is 6.01. The van der Waals surface area contributed by atoms with Gasteiger partial charge >= 0.3 is 0 Å². The Hall–Kier alpha value is -2.62. The molecular formula is C19H20N2O2. The number of amides is 2. The minimum Gasteiger partial charge on any atom is -0.370 e. The van der Waals surface area contributed by atoms with Crippen molar-refractivity contribution in [3.8, 4) is 0 Å². The van der Waals surface area contributed by atoms with Crippen molar-refractivity contribution in [2.24, 2.45) is 11.7 Å². The van der Waals surface area contributed by atoms with Gasteiger partial charge in [-0.1, -0.05) is 42.5 Å². The molecule has 1 aliphatic rings. The molecule has 0 aliphatic carbocycles. The monoisotopic (exact) mass is 308 g/mol. The zero-order valence-electron chi connectivity index (χ0n) is 12.9. The smallest absolute Gasteiger partial charge is 0.246 e. The van der Waals surface area contributed by atoms with Crippen molar-refractivity contribution in [2.45, 2.75) is 12.8 Å². The summed E-state index contributed by atoms with van der Waals surface area (Å²) in [6.45, 7) is 1.30. The van der Waals surface area contributed by atoms with Crippen molar-refractivity contribution >= 4 is 28.7 Å². The molecular weight excluding hydrogens is 288 g/mol. The fourth-order valence-electron chi connectivity index (χ4n) is 3.15. The van der Waals surface area contributed by atoms with Gasteiger partial charge in [-0.15, -0.1) is 0 Å². The van der Waals surface area contributed by atoms with Gasteiger partial charge in [0, 0.05) is 25.6 Å². The molecule has 1 saturated heterocycles. The van der Waals surface area contributed by atoms with E-state index in [0.29, 0.717) is 19.5 Å². The Bertz CT molecular complexity index is 762. The quantitative estimate of drug-likeness (QED) is 0.882.